The van der Waals surface area contributed by atoms with Crippen LogP contribution >= 0.6 is 0 Å². The van der Waals surface area contributed by atoms with Gasteiger partial charge in [-0.1, -0.05) is 41.6 Å². The number of hydrogen-bond donors (Lipinski definition) is 0. The van der Waals surface area contributed by atoms with E-state index in [9.17, 15) is 9.59 Å². The van der Waals surface area contributed by atoms with Crippen LogP contribution in [0.4, 0.5) is 0 Å². The van der Waals surface area contributed by atoms with Crippen LogP contribution in [0.5, 0.6) is 0 Å². The maximum atomic E-state index is 12.0. The van der Waals surface area contributed by atoms with Crippen molar-refractivity contribution in [2.75, 3.05) is 0 Å². The Kier molecular flexibility index (Phi) is 4.76. The van der Waals surface area contributed by atoms with Crippen molar-refractivity contribution in [1.82, 2.24) is 14.7 Å². The Bertz CT molecular complexity index is 1190. The lowest BCUT2D eigenvalue weighted by Crippen LogP contribution is -2.17. The highest BCUT2D eigenvalue weighted by Crippen LogP contribution is 2.20. The van der Waals surface area contributed by atoms with Gasteiger partial charge >= 0.3 is 11.7 Å². The zero-order valence-electron chi connectivity index (χ0n) is 15.1. The quantitative estimate of drug-likeness (QED) is 0.475. The summed E-state index contributed by atoms with van der Waals surface area (Å²) < 4.78 is 16.9. The van der Waals surface area contributed by atoms with Crippen LogP contribution in [0.3, 0.4) is 0 Å². The van der Waals surface area contributed by atoms with Crippen LogP contribution in [0.15, 0.2) is 62.3 Å². The van der Waals surface area contributed by atoms with E-state index in [1.165, 1.54) is 4.57 Å². The third-order valence-corrected chi connectivity index (χ3v) is 4.32. The Morgan fingerprint density at radius 2 is 1.93 bits per heavy atom. The zero-order valence-corrected chi connectivity index (χ0v) is 15.1. The summed E-state index contributed by atoms with van der Waals surface area (Å²) in [7, 11) is 0. The lowest BCUT2D eigenvalue weighted by atomic mass is 10.1. The minimum absolute atomic E-state index is 0.0161. The number of esters is 1. The third kappa shape index (κ3) is 3.57. The molecule has 0 bridgehead atoms. The molecule has 2 aromatic carbocycles. The van der Waals surface area contributed by atoms with Gasteiger partial charge in [-0.05, 0) is 24.6 Å². The Balaban J connectivity index is 1.36. The van der Waals surface area contributed by atoms with Gasteiger partial charge < -0.3 is 13.7 Å². The van der Waals surface area contributed by atoms with Crippen molar-refractivity contribution in [2.45, 2.75) is 26.5 Å². The number of para-hydroxylation sites is 2. The molecular formula is C20H17N3O5. The molecule has 0 unspecified atom stereocenters. The predicted molar refractivity (Wildman–Crippen MR) is 99.4 cm³/mol. The number of hydrogen-bond acceptors (Lipinski definition) is 7. The van der Waals surface area contributed by atoms with Crippen molar-refractivity contribution in [2.24, 2.45) is 0 Å². The average Bonchev–Trinajstić information content (AvgIpc) is 3.29. The molecule has 0 radical (unpaired) electrons. The van der Waals surface area contributed by atoms with Crippen molar-refractivity contribution in [3.8, 4) is 11.4 Å². The van der Waals surface area contributed by atoms with E-state index in [0.29, 0.717) is 16.9 Å². The molecule has 142 valence electrons. The predicted octanol–water partition coefficient (Wildman–Crippen LogP) is 3.09. The standard InChI is InChI=1S/C20H17N3O5/c1-13-6-2-3-7-14(13)19-21-17(28-22-19)12-26-18(24)10-11-23-15-8-4-5-9-16(15)27-20(23)25/h2-9H,10-12H2,1H3. The second kappa shape index (κ2) is 7.51. The van der Waals surface area contributed by atoms with Crippen LogP contribution in [-0.4, -0.2) is 20.7 Å². The summed E-state index contributed by atoms with van der Waals surface area (Å²) in [6, 6.07) is 14.7. The van der Waals surface area contributed by atoms with Crippen LogP contribution in [-0.2, 0) is 22.7 Å². The largest absolute Gasteiger partial charge is 0.456 e. The maximum Gasteiger partial charge on any atom is 0.419 e. The first-order valence-corrected chi connectivity index (χ1v) is 8.74. The van der Waals surface area contributed by atoms with E-state index < -0.39 is 11.7 Å². The fraction of sp³-hybridized carbons (Fsp3) is 0.200. The van der Waals surface area contributed by atoms with Crippen molar-refractivity contribution in [3.63, 3.8) is 0 Å². The monoisotopic (exact) mass is 379 g/mol. The number of aromatic nitrogens is 3. The lowest BCUT2D eigenvalue weighted by molar-refractivity contribution is -0.146. The van der Waals surface area contributed by atoms with E-state index >= 15 is 0 Å². The topological polar surface area (TPSA) is 100 Å². The van der Waals surface area contributed by atoms with Gasteiger partial charge in [0.15, 0.2) is 12.2 Å². The molecule has 28 heavy (non-hydrogen) atoms. The van der Waals surface area contributed by atoms with Crippen molar-refractivity contribution >= 4 is 17.1 Å². The zero-order chi connectivity index (χ0) is 19.5. The van der Waals surface area contributed by atoms with Gasteiger partial charge in [0.25, 0.3) is 5.89 Å². The number of carbonyl (C=O) groups excluding carboxylic acids is 1. The summed E-state index contributed by atoms with van der Waals surface area (Å²) >= 11 is 0. The number of carbonyl (C=O) groups is 1. The third-order valence-electron chi connectivity index (χ3n) is 4.32. The lowest BCUT2D eigenvalue weighted by Gasteiger charge is -2.03. The number of oxazole rings is 1. The Labute approximate surface area is 159 Å². The smallest absolute Gasteiger partial charge is 0.419 e. The molecule has 4 aromatic rings. The van der Waals surface area contributed by atoms with E-state index in [2.05, 4.69) is 10.1 Å². The molecule has 0 saturated heterocycles. The molecule has 0 amide bonds. The normalized spacial score (nSPS) is 11.0. The molecule has 0 fully saturated rings. The van der Waals surface area contributed by atoms with Crippen LogP contribution in [0.25, 0.3) is 22.5 Å². The SMILES string of the molecule is Cc1ccccc1-c1noc(COC(=O)CCn2c(=O)oc3ccccc32)n1. The Hall–Kier alpha value is -3.68. The molecule has 2 aromatic heterocycles. The summed E-state index contributed by atoms with van der Waals surface area (Å²) in [5.74, 6) is -0.334. The van der Waals surface area contributed by atoms with E-state index in [1.54, 1.807) is 24.3 Å². The van der Waals surface area contributed by atoms with Gasteiger partial charge in [0.1, 0.15) is 0 Å². The highest BCUT2D eigenvalue weighted by atomic mass is 16.6. The molecule has 0 N–H and O–H groups in total. The van der Waals surface area contributed by atoms with Gasteiger partial charge in [-0.25, -0.2) is 4.79 Å². The summed E-state index contributed by atoms with van der Waals surface area (Å²) in [4.78, 5) is 28.2. The van der Waals surface area contributed by atoms with Gasteiger partial charge in [-0.15, -0.1) is 0 Å². The molecule has 0 saturated carbocycles. The average molecular weight is 379 g/mol. The number of aryl methyl sites for hydroxylation is 2. The van der Waals surface area contributed by atoms with Gasteiger partial charge in [0.2, 0.25) is 5.82 Å². The van der Waals surface area contributed by atoms with Gasteiger partial charge in [-0.3, -0.25) is 9.36 Å². The number of benzene rings is 2. The molecule has 0 aliphatic rings. The minimum atomic E-state index is -0.506. The highest BCUT2D eigenvalue weighted by molar-refractivity contribution is 5.73. The highest BCUT2D eigenvalue weighted by Gasteiger charge is 2.14. The van der Waals surface area contributed by atoms with Crippen LogP contribution in [0.2, 0.25) is 0 Å². The van der Waals surface area contributed by atoms with E-state index in [-0.39, 0.29) is 25.5 Å². The van der Waals surface area contributed by atoms with Crippen molar-refractivity contribution < 1.29 is 18.5 Å². The fourth-order valence-electron chi connectivity index (χ4n) is 2.89. The van der Waals surface area contributed by atoms with Crippen LogP contribution in [0.1, 0.15) is 17.9 Å². The van der Waals surface area contributed by atoms with Crippen molar-refractivity contribution in [3.05, 3.63) is 70.5 Å². The Morgan fingerprint density at radius 3 is 2.79 bits per heavy atom. The number of rotatable bonds is 6. The first-order valence-electron chi connectivity index (χ1n) is 8.74. The summed E-state index contributed by atoms with van der Waals surface area (Å²) in [6.07, 6.45) is 0.0161. The number of nitrogens with zero attached hydrogens (tertiary/aromatic N) is 3. The van der Waals surface area contributed by atoms with E-state index in [1.807, 2.05) is 31.2 Å². The molecule has 0 aliphatic carbocycles. The maximum absolute atomic E-state index is 12.0. The minimum Gasteiger partial charge on any atom is -0.456 e. The number of fused-ring (bicyclic) bond motifs is 1. The van der Waals surface area contributed by atoms with Crippen molar-refractivity contribution in [1.29, 1.82) is 0 Å². The first-order chi connectivity index (χ1) is 13.6. The molecule has 8 nitrogen and oxygen atoms in total. The molecule has 0 aliphatic heterocycles. The van der Waals surface area contributed by atoms with Gasteiger partial charge in [-0.2, -0.15) is 4.98 Å². The van der Waals surface area contributed by atoms with Gasteiger partial charge in [0.05, 0.1) is 11.9 Å². The second-order valence-electron chi connectivity index (χ2n) is 6.22. The summed E-state index contributed by atoms with van der Waals surface area (Å²) in [5.41, 5.74) is 3.00. The molecule has 2 heterocycles. The molecular weight excluding hydrogens is 362 g/mol. The van der Waals surface area contributed by atoms with Crippen LogP contribution < -0.4 is 5.76 Å². The number of ether oxygens (including phenoxy) is 1. The van der Waals surface area contributed by atoms with Gasteiger partial charge in [0, 0.05) is 12.1 Å². The first kappa shape index (κ1) is 17.7. The fourth-order valence-corrected chi connectivity index (χ4v) is 2.89. The van der Waals surface area contributed by atoms with E-state index in [0.717, 1.165) is 11.1 Å². The van der Waals surface area contributed by atoms with E-state index in [4.69, 9.17) is 13.7 Å². The molecule has 0 spiro atoms. The summed E-state index contributed by atoms with van der Waals surface area (Å²) in [5, 5.41) is 3.92. The molecule has 8 heteroatoms. The second-order valence-corrected chi connectivity index (χ2v) is 6.22. The molecule has 0 atom stereocenters. The van der Waals surface area contributed by atoms with Crippen LogP contribution in [0, 0.1) is 6.92 Å². The Morgan fingerprint density at radius 1 is 1.14 bits per heavy atom. The summed E-state index contributed by atoms with van der Waals surface area (Å²) in [6.45, 7) is 1.98. The molecule has 4 rings (SSSR count).